The van der Waals surface area contributed by atoms with E-state index in [0.29, 0.717) is 10.8 Å². The Balaban J connectivity index is 1.60. The molecule has 27 heavy (non-hydrogen) atoms. The molecule has 0 bridgehead atoms. The molecule has 0 amide bonds. The molecule has 0 unspecified atom stereocenters. The van der Waals surface area contributed by atoms with Gasteiger partial charge in [-0.25, -0.2) is 4.98 Å². The van der Waals surface area contributed by atoms with Gasteiger partial charge in [0.1, 0.15) is 16.9 Å². The fourth-order valence-electron chi connectivity index (χ4n) is 4.42. The molecule has 1 saturated heterocycles. The second kappa shape index (κ2) is 5.91. The summed E-state index contributed by atoms with van der Waals surface area (Å²) in [7, 11) is 1.92. The minimum absolute atomic E-state index is 0.0431. The average Bonchev–Trinajstić information content (AvgIpc) is 3.30. The van der Waals surface area contributed by atoms with Crippen LogP contribution in [0.3, 0.4) is 0 Å². The Hall–Kier alpha value is -1.67. The van der Waals surface area contributed by atoms with Crippen LogP contribution in [0, 0.1) is 0 Å². The van der Waals surface area contributed by atoms with Gasteiger partial charge in [-0.1, -0.05) is 11.6 Å². The van der Waals surface area contributed by atoms with Crippen LogP contribution in [0.1, 0.15) is 37.8 Å². The van der Waals surface area contributed by atoms with Crippen LogP contribution >= 0.6 is 23.2 Å². The third-order valence-corrected chi connectivity index (χ3v) is 5.90. The highest BCUT2D eigenvalue weighted by Gasteiger charge is 2.55. The van der Waals surface area contributed by atoms with Crippen LogP contribution in [0.25, 0.3) is 11.0 Å². The van der Waals surface area contributed by atoms with E-state index in [4.69, 9.17) is 32.7 Å². The molecule has 9 heteroatoms. The molecule has 0 spiro atoms. The molecule has 5 rings (SSSR count). The van der Waals surface area contributed by atoms with Crippen molar-refractivity contribution < 1.29 is 9.47 Å². The van der Waals surface area contributed by atoms with Gasteiger partial charge in [0.2, 0.25) is 5.28 Å². The lowest BCUT2D eigenvalue weighted by atomic mass is 9.98. The molecule has 4 atom stereocenters. The van der Waals surface area contributed by atoms with Crippen molar-refractivity contribution in [1.82, 2.24) is 24.3 Å². The second-order valence-corrected chi connectivity index (χ2v) is 8.36. The summed E-state index contributed by atoms with van der Waals surface area (Å²) < 4.78 is 16.5. The fraction of sp³-hybridized carbons (Fsp3) is 0.500. The van der Waals surface area contributed by atoms with E-state index < -0.39 is 5.79 Å². The summed E-state index contributed by atoms with van der Waals surface area (Å²) in [5.41, 5.74) is 1.86. The Morgan fingerprint density at radius 3 is 2.70 bits per heavy atom. The molecule has 1 aliphatic carbocycles. The number of hydrogen-bond donors (Lipinski definition) is 0. The Bertz CT molecular complexity index is 1030. The van der Waals surface area contributed by atoms with Gasteiger partial charge in [-0.05, 0) is 43.5 Å². The minimum Gasteiger partial charge on any atom is -0.344 e. The van der Waals surface area contributed by atoms with Gasteiger partial charge in [0.05, 0.1) is 23.7 Å². The zero-order chi connectivity index (χ0) is 18.9. The third kappa shape index (κ3) is 2.76. The zero-order valence-corrected chi connectivity index (χ0v) is 16.6. The van der Waals surface area contributed by atoms with Crippen molar-refractivity contribution in [2.75, 3.05) is 0 Å². The van der Waals surface area contributed by atoms with Gasteiger partial charge in [0.15, 0.2) is 5.79 Å². The first-order valence-electron chi connectivity index (χ1n) is 8.86. The van der Waals surface area contributed by atoms with Crippen molar-refractivity contribution in [3.8, 4) is 0 Å². The van der Waals surface area contributed by atoms with Gasteiger partial charge in [-0.15, -0.1) is 0 Å². The van der Waals surface area contributed by atoms with Gasteiger partial charge in [0, 0.05) is 25.4 Å². The van der Waals surface area contributed by atoms with Crippen molar-refractivity contribution in [2.24, 2.45) is 7.05 Å². The molecule has 2 fully saturated rings. The Morgan fingerprint density at radius 1 is 1.19 bits per heavy atom. The number of halogens is 2. The summed E-state index contributed by atoms with van der Waals surface area (Å²) in [4.78, 5) is 8.45. The molecule has 0 aromatic carbocycles. The molecule has 1 saturated carbocycles. The van der Waals surface area contributed by atoms with Crippen molar-refractivity contribution in [2.45, 2.75) is 50.2 Å². The molecular formula is C18H19Cl2N5O2. The van der Waals surface area contributed by atoms with Gasteiger partial charge in [-0.3, -0.25) is 4.68 Å². The average molecular weight is 408 g/mol. The fourth-order valence-corrected chi connectivity index (χ4v) is 4.86. The van der Waals surface area contributed by atoms with Crippen molar-refractivity contribution in [1.29, 1.82) is 0 Å². The number of rotatable bonds is 2. The van der Waals surface area contributed by atoms with Gasteiger partial charge in [0.25, 0.3) is 0 Å². The van der Waals surface area contributed by atoms with E-state index >= 15 is 0 Å². The Labute approximate surface area is 166 Å². The van der Waals surface area contributed by atoms with E-state index in [1.165, 1.54) is 0 Å². The molecule has 1 aliphatic heterocycles. The maximum Gasteiger partial charge on any atom is 0.225 e. The lowest BCUT2D eigenvalue weighted by molar-refractivity contribution is -0.157. The van der Waals surface area contributed by atoms with Gasteiger partial charge < -0.3 is 14.0 Å². The SMILES string of the molecule is Cn1cc([C@H]2C[C@@H](n3ccc4c(Cl)nc(Cl)nc43)[C@@H]3OC(C)(C)O[C@@H]32)cn1. The number of fused-ring (bicyclic) bond motifs is 2. The van der Waals surface area contributed by atoms with Crippen LogP contribution in [0.2, 0.25) is 10.4 Å². The highest BCUT2D eigenvalue weighted by molar-refractivity contribution is 6.35. The lowest BCUT2D eigenvalue weighted by Crippen LogP contribution is -2.27. The van der Waals surface area contributed by atoms with Gasteiger partial charge in [-0.2, -0.15) is 10.1 Å². The van der Waals surface area contributed by atoms with E-state index in [-0.39, 0.29) is 29.5 Å². The number of aryl methyl sites for hydroxylation is 1. The van der Waals surface area contributed by atoms with E-state index in [9.17, 15) is 0 Å². The first kappa shape index (κ1) is 17.4. The summed E-state index contributed by atoms with van der Waals surface area (Å²) in [6, 6.07) is 1.96. The molecule has 3 aromatic heterocycles. The molecule has 3 aromatic rings. The topological polar surface area (TPSA) is 67.0 Å². The number of hydrogen-bond acceptors (Lipinski definition) is 5. The van der Waals surface area contributed by atoms with Gasteiger partial charge >= 0.3 is 0 Å². The third-order valence-electron chi connectivity index (χ3n) is 5.44. The van der Waals surface area contributed by atoms with Crippen LogP contribution in [-0.4, -0.2) is 42.3 Å². The van der Waals surface area contributed by atoms with E-state index in [1.807, 2.05) is 50.2 Å². The zero-order valence-electron chi connectivity index (χ0n) is 15.1. The van der Waals surface area contributed by atoms with E-state index in [0.717, 1.165) is 17.4 Å². The highest BCUT2D eigenvalue weighted by Crippen LogP contribution is 2.51. The van der Waals surface area contributed by atoms with Crippen LogP contribution in [-0.2, 0) is 16.5 Å². The number of ether oxygens (including phenoxy) is 2. The number of nitrogens with zero attached hydrogens (tertiary/aromatic N) is 5. The van der Waals surface area contributed by atoms with Crippen LogP contribution in [0.5, 0.6) is 0 Å². The maximum absolute atomic E-state index is 6.30. The molecule has 7 nitrogen and oxygen atoms in total. The molecule has 0 radical (unpaired) electrons. The highest BCUT2D eigenvalue weighted by atomic mass is 35.5. The van der Waals surface area contributed by atoms with Crippen molar-refractivity contribution in [3.05, 3.63) is 40.7 Å². The van der Waals surface area contributed by atoms with E-state index in [2.05, 4.69) is 19.6 Å². The lowest BCUT2D eigenvalue weighted by Gasteiger charge is -2.24. The Kier molecular flexibility index (Phi) is 3.82. The predicted molar refractivity (Wildman–Crippen MR) is 101 cm³/mol. The largest absolute Gasteiger partial charge is 0.344 e. The quantitative estimate of drug-likeness (QED) is 0.478. The molecule has 4 heterocycles. The second-order valence-electron chi connectivity index (χ2n) is 7.67. The molecular weight excluding hydrogens is 389 g/mol. The molecule has 2 aliphatic rings. The van der Waals surface area contributed by atoms with Crippen molar-refractivity contribution in [3.63, 3.8) is 0 Å². The number of aromatic nitrogens is 5. The summed E-state index contributed by atoms with van der Waals surface area (Å²) >= 11 is 12.3. The summed E-state index contributed by atoms with van der Waals surface area (Å²) in [6.45, 7) is 3.90. The minimum atomic E-state index is -0.637. The first-order valence-corrected chi connectivity index (χ1v) is 9.62. The van der Waals surface area contributed by atoms with Crippen LogP contribution in [0.4, 0.5) is 0 Å². The van der Waals surface area contributed by atoms with Crippen LogP contribution in [0.15, 0.2) is 24.7 Å². The Morgan fingerprint density at radius 2 is 1.96 bits per heavy atom. The molecule has 142 valence electrons. The maximum atomic E-state index is 6.30. The van der Waals surface area contributed by atoms with Crippen molar-refractivity contribution >= 4 is 34.2 Å². The molecule has 0 N–H and O–H groups in total. The summed E-state index contributed by atoms with van der Waals surface area (Å²) in [6.07, 6.45) is 6.61. The summed E-state index contributed by atoms with van der Waals surface area (Å²) in [5.74, 6) is -0.456. The first-order chi connectivity index (χ1) is 12.8. The predicted octanol–water partition coefficient (Wildman–Crippen LogP) is 3.72. The smallest absolute Gasteiger partial charge is 0.225 e. The normalized spacial score (nSPS) is 29.5. The van der Waals surface area contributed by atoms with E-state index in [1.54, 1.807) is 0 Å². The standard InChI is InChI=1S/C18H19Cl2N5O2/c1-18(2)26-13-11(9-7-21-24(3)8-9)6-12(14(13)27-18)25-5-4-10-15(19)22-17(20)23-16(10)25/h4-5,7-8,11-14H,6H2,1-3H3/t11-,12-,13-,14+/m1/s1. The monoisotopic (exact) mass is 407 g/mol. The summed E-state index contributed by atoms with van der Waals surface area (Å²) in [5, 5.41) is 5.60. The van der Waals surface area contributed by atoms with Crippen LogP contribution < -0.4 is 0 Å².